The minimum atomic E-state index is -0.814. The van der Waals surface area contributed by atoms with Gasteiger partial charge in [-0.15, -0.1) is 6.42 Å². The van der Waals surface area contributed by atoms with Crippen LogP contribution in [0.2, 0.25) is 0 Å². The summed E-state index contributed by atoms with van der Waals surface area (Å²) >= 11 is 0. The average Bonchev–Trinajstić information content (AvgIpc) is 3.82. The predicted molar refractivity (Wildman–Crippen MR) is 191 cm³/mol. The van der Waals surface area contributed by atoms with Gasteiger partial charge in [0, 0.05) is 56.3 Å². The van der Waals surface area contributed by atoms with E-state index in [0.29, 0.717) is 24.3 Å². The topological polar surface area (TPSA) is 125 Å². The van der Waals surface area contributed by atoms with E-state index in [0.717, 1.165) is 45.1 Å². The summed E-state index contributed by atoms with van der Waals surface area (Å²) in [6.45, 7) is 2.68. The minimum Gasteiger partial charge on any atom is -0.508 e. The molecule has 2 aromatic carbocycles. The van der Waals surface area contributed by atoms with Crippen molar-refractivity contribution in [2.75, 3.05) is 59.0 Å². The molecule has 6 heterocycles. The molecule has 0 saturated carbocycles. The number of halogens is 2. The maximum Gasteiger partial charge on any atom is 0.409 e. The summed E-state index contributed by atoms with van der Waals surface area (Å²) in [7, 11) is 4.75. The molecule has 4 aliphatic heterocycles. The fourth-order valence-electron chi connectivity index (χ4n) is 8.73. The second-order valence-electron chi connectivity index (χ2n) is 14.5. The number of phenols is 1. The first-order chi connectivity index (χ1) is 25.1. The van der Waals surface area contributed by atoms with Crippen molar-refractivity contribution >= 4 is 33.6 Å². The van der Waals surface area contributed by atoms with Crippen molar-refractivity contribution in [1.82, 2.24) is 30.1 Å². The van der Waals surface area contributed by atoms with Crippen molar-refractivity contribution in [1.29, 1.82) is 0 Å². The van der Waals surface area contributed by atoms with Gasteiger partial charge in [0.25, 0.3) is 0 Å². The van der Waals surface area contributed by atoms with E-state index in [1.54, 1.807) is 14.1 Å². The first-order valence-corrected chi connectivity index (χ1v) is 17.7. The molecule has 12 nitrogen and oxygen atoms in total. The number of nitrogens with zero attached hydrogens (tertiary/aromatic N) is 6. The summed E-state index contributed by atoms with van der Waals surface area (Å²) in [6, 6.07) is 5.99. The second-order valence-corrected chi connectivity index (χ2v) is 14.5. The van der Waals surface area contributed by atoms with Crippen molar-refractivity contribution in [3.05, 3.63) is 41.5 Å². The maximum absolute atomic E-state index is 17.2. The third-order valence-corrected chi connectivity index (χ3v) is 11.1. The molecule has 2 unspecified atom stereocenters. The summed E-state index contributed by atoms with van der Waals surface area (Å²) in [4.78, 5) is 32.3. The number of phenolic OH excluding ortho intramolecular Hbond substituents is 1. The standard InChI is InChI=1S/C38H41F2N7O5/c1-5-26-28(39)10-7-21-15-25(48)16-27(29(21)26)32-31(40)33-30(35(42-32)50-4)34(46-17-22-8-9-23(18-46)41-22)44-36(43-33)52-20-38-12-6-14-47(38)24(11-13-38)19-51-37(49)45(2)3/h1,7,10,15-16,22-24,41,48H,6,8-9,11-14,17-20H2,2-4H3/t22?,23?,24-,38-/m1/s1. The van der Waals surface area contributed by atoms with Gasteiger partial charge in [-0.1, -0.05) is 12.0 Å². The summed E-state index contributed by atoms with van der Waals surface area (Å²) in [5.74, 6) is 1.26. The van der Waals surface area contributed by atoms with E-state index in [1.165, 1.54) is 36.3 Å². The third kappa shape index (κ3) is 5.76. The van der Waals surface area contributed by atoms with Gasteiger partial charge in [-0.3, -0.25) is 4.90 Å². The van der Waals surface area contributed by atoms with Gasteiger partial charge in [0.15, 0.2) is 5.82 Å². The van der Waals surface area contributed by atoms with Gasteiger partial charge in [-0.2, -0.15) is 9.97 Å². The molecule has 4 aromatic rings. The number of nitrogens with one attached hydrogen (secondary N) is 1. The Hall–Kier alpha value is -5.00. The van der Waals surface area contributed by atoms with E-state index in [4.69, 9.17) is 25.6 Å². The zero-order chi connectivity index (χ0) is 36.3. The average molecular weight is 714 g/mol. The molecule has 0 aliphatic carbocycles. The highest BCUT2D eigenvalue weighted by atomic mass is 19.1. The lowest BCUT2D eigenvalue weighted by Crippen LogP contribution is -2.51. The fraction of sp³-hybridized carbons (Fsp3) is 0.474. The van der Waals surface area contributed by atoms with Crippen LogP contribution >= 0.6 is 0 Å². The summed E-state index contributed by atoms with van der Waals surface area (Å²) in [5, 5.41) is 15.2. The van der Waals surface area contributed by atoms with Crippen molar-refractivity contribution in [2.24, 2.45) is 0 Å². The Morgan fingerprint density at radius 1 is 1.12 bits per heavy atom. The molecule has 4 aliphatic rings. The van der Waals surface area contributed by atoms with Crippen LogP contribution in [0.15, 0.2) is 24.3 Å². The van der Waals surface area contributed by atoms with Gasteiger partial charge in [0.05, 0.1) is 18.2 Å². The van der Waals surface area contributed by atoms with E-state index in [2.05, 4.69) is 31.0 Å². The summed E-state index contributed by atoms with van der Waals surface area (Å²) < 4.78 is 50.0. The zero-order valence-corrected chi connectivity index (χ0v) is 29.4. The van der Waals surface area contributed by atoms with Crippen LogP contribution in [0.4, 0.5) is 19.4 Å². The molecule has 52 heavy (non-hydrogen) atoms. The number of carbonyl (C=O) groups excluding carboxylic acids is 1. The summed E-state index contributed by atoms with van der Waals surface area (Å²) in [5.41, 5.74) is -0.588. The number of fused-ring (bicyclic) bond motifs is 5. The highest BCUT2D eigenvalue weighted by Crippen LogP contribution is 2.45. The van der Waals surface area contributed by atoms with Crippen molar-refractivity contribution in [3.8, 4) is 41.2 Å². The smallest absolute Gasteiger partial charge is 0.409 e. The van der Waals surface area contributed by atoms with Crippen LogP contribution < -0.4 is 19.7 Å². The first kappa shape index (κ1) is 34.1. The normalized spacial score (nSPS) is 23.9. The number of aromatic nitrogens is 3. The molecule has 272 valence electrons. The number of methoxy groups -OCH3 is 1. The number of rotatable bonds is 8. The number of benzene rings is 2. The van der Waals surface area contributed by atoms with Crippen LogP contribution in [-0.2, 0) is 4.74 Å². The first-order valence-electron chi connectivity index (χ1n) is 17.7. The number of pyridine rings is 1. The van der Waals surface area contributed by atoms with Crippen molar-refractivity contribution < 1.29 is 32.9 Å². The van der Waals surface area contributed by atoms with Crippen LogP contribution in [0.1, 0.15) is 44.1 Å². The highest BCUT2D eigenvalue weighted by molar-refractivity contribution is 6.04. The van der Waals surface area contributed by atoms with Crippen LogP contribution in [-0.4, -0.2) is 114 Å². The van der Waals surface area contributed by atoms with Crippen LogP contribution in [0.3, 0.4) is 0 Å². The largest absolute Gasteiger partial charge is 0.508 e. The minimum absolute atomic E-state index is 0.00585. The van der Waals surface area contributed by atoms with E-state index >= 15 is 8.78 Å². The SMILES string of the molecule is C#Cc1c(F)ccc2cc(O)cc(-c3nc(OC)c4c(N5CC6CCC(C5)N6)nc(OC[C@]56CCCN5[C@@H](COC(=O)N(C)C)CC6)nc4c3F)c12. The molecular formula is C38H41F2N7O5. The lowest BCUT2D eigenvalue weighted by Gasteiger charge is -2.35. The molecular weight excluding hydrogens is 672 g/mol. The number of hydrogen-bond acceptors (Lipinski definition) is 11. The number of amides is 1. The molecule has 2 bridgehead atoms. The van der Waals surface area contributed by atoms with Gasteiger partial charge in [-0.05, 0) is 68.7 Å². The van der Waals surface area contributed by atoms with Crippen LogP contribution in [0.5, 0.6) is 17.6 Å². The molecule has 4 saturated heterocycles. The third-order valence-electron chi connectivity index (χ3n) is 11.1. The van der Waals surface area contributed by atoms with Crippen LogP contribution in [0, 0.1) is 24.0 Å². The Morgan fingerprint density at radius 2 is 1.90 bits per heavy atom. The van der Waals surface area contributed by atoms with Crippen LogP contribution in [0.25, 0.3) is 32.9 Å². The number of terminal acetylenes is 1. The van der Waals surface area contributed by atoms with E-state index in [9.17, 15) is 9.90 Å². The van der Waals surface area contributed by atoms with Crippen molar-refractivity contribution in [3.63, 3.8) is 0 Å². The Labute approximate surface area is 300 Å². The van der Waals surface area contributed by atoms with Crippen molar-refractivity contribution in [2.45, 2.75) is 62.2 Å². The molecule has 4 fully saturated rings. The second kappa shape index (κ2) is 13.2. The summed E-state index contributed by atoms with van der Waals surface area (Å²) in [6.07, 6.45) is 10.9. The molecule has 8 rings (SSSR count). The number of hydrogen-bond donors (Lipinski definition) is 2. The molecule has 4 atom stereocenters. The zero-order valence-electron chi connectivity index (χ0n) is 29.4. The quantitative estimate of drug-likeness (QED) is 0.244. The van der Waals surface area contributed by atoms with Gasteiger partial charge in [0.2, 0.25) is 5.88 Å². The number of piperazine rings is 1. The number of ether oxygens (including phenoxy) is 3. The molecule has 2 N–H and O–H groups in total. The van der Waals surface area contributed by atoms with Gasteiger partial charge < -0.3 is 34.4 Å². The fourth-order valence-corrected chi connectivity index (χ4v) is 8.73. The lowest BCUT2D eigenvalue weighted by molar-refractivity contribution is 0.0484. The number of anilines is 1. The van der Waals surface area contributed by atoms with E-state index < -0.39 is 11.6 Å². The Morgan fingerprint density at radius 3 is 2.63 bits per heavy atom. The van der Waals surface area contributed by atoms with E-state index in [-0.39, 0.29) is 93.7 Å². The molecule has 14 heteroatoms. The van der Waals surface area contributed by atoms with Gasteiger partial charge in [0.1, 0.15) is 47.2 Å². The Balaban J connectivity index is 1.23. The van der Waals surface area contributed by atoms with E-state index in [1.807, 2.05) is 0 Å². The number of aromatic hydroxyl groups is 1. The predicted octanol–water partition coefficient (Wildman–Crippen LogP) is 4.83. The maximum atomic E-state index is 17.2. The molecule has 2 aromatic heterocycles. The highest BCUT2D eigenvalue weighted by Gasteiger charge is 2.50. The monoisotopic (exact) mass is 713 g/mol. The molecule has 1 amide bonds. The number of carbonyl (C=O) groups is 1. The van der Waals surface area contributed by atoms with Gasteiger partial charge in [-0.25, -0.2) is 18.6 Å². The Kier molecular flexibility index (Phi) is 8.66. The Bertz CT molecular complexity index is 2110. The molecule has 0 spiro atoms. The van der Waals surface area contributed by atoms with Gasteiger partial charge >= 0.3 is 12.1 Å². The molecule has 0 radical (unpaired) electrons. The lowest BCUT2D eigenvalue weighted by atomic mass is 9.95.